The van der Waals surface area contributed by atoms with E-state index in [0.29, 0.717) is 0 Å². The minimum absolute atomic E-state index is 0.809. The van der Waals surface area contributed by atoms with Crippen LogP contribution in [0.3, 0.4) is 0 Å². The van der Waals surface area contributed by atoms with Crippen LogP contribution in [0.15, 0.2) is 27.6 Å². The number of rotatable bonds is 3. The Morgan fingerprint density at radius 2 is 2.38 bits per heavy atom. The van der Waals surface area contributed by atoms with Crippen LogP contribution in [0.4, 0.5) is 5.69 Å². The van der Waals surface area contributed by atoms with E-state index in [-0.39, 0.29) is 0 Å². The van der Waals surface area contributed by atoms with Crippen molar-refractivity contribution in [2.45, 2.75) is 17.7 Å². The average Bonchev–Trinajstić information content (AvgIpc) is 2.29. The van der Waals surface area contributed by atoms with Crippen LogP contribution in [0, 0.1) is 5.92 Å². The Morgan fingerprint density at radius 3 is 3.06 bits per heavy atom. The molecule has 1 atom stereocenters. The SMILES string of the molecule is Nc1ccc(SCC2CCCNC2)c(Br)c1. The monoisotopic (exact) mass is 300 g/mol. The van der Waals surface area contributed by atoms with Gasteiger partial charge in [-0.2, -0.15) is 0 Å². The maximum absolute atomic E-state index is 5.72. The molecule has 0 radical (unpaired) electrons. The third kappa shape index (κ3) is 3.40. The molecule has 0 aliphatic carbocycles. The lowest BCUT2D eigenvalue weighted by Gasteiger charge is -2.22. The molecule has 1 aliphatic heterocycles. The second-order valence-electron chi connectivity index (χ2n) is 4.21. The van der Waals surface area contributed by atoms with Crippen LogP contribution in [0.5, 0.6) is 0 Å². The van der Waals surface area contributed by atoms with Gasteiger partial charge in [0.2, 0.25) is 0 Å². The van der Waals surface area contributed by atoms with Crippen LogP contribution in [0.1, 0.15) is 12.8 Å². The summed E-state index contributed by atoms with van der Waals surface area (Å²) in [5.74, 6) is 2.00. The zero-order valence-corrected chi connectivity index (χ0v) is 11.6. The number of hydrogen-bond donors (Lipinski definition) is 2. The number of benzene rings is 1. The summed E-state index contributed by atoms with van der Waals surface area (Å²) in [5, 5.41) is 3.45. The van der Waals surface area contributed by atoms with Gasteiger partial charge in [-0.3, -0.25) is 0 Å². The van der Waals surface area contributed by atoms with Gasteiger partial charge in [0, 0.05) is 20.8 Å². The number of halogens is 1. The molecule has 0 saturated carbocycles. The maximum Gasteiger partial charge on any atom is 0.0331 e. The van der Waals surface area contributed by atoms with Gasteiger partial charge in [0.15, 0.2) is 0 Å². The van der Waals surface area contributed by atoms with Crippen LogP contribution in [-0.2, 0) is 0 Å². The molecule has 88 valence electrons. The van der Waals surface area contributed by atoms with E-state index in [0.717, 1.165) is 16.1 Å². The number of thioether (sulfide) groups is 1. The van der Waals surface area contributed by atoms with Crippen molar-refractivity contribution in [2.24, 2.45) is 5.92 Å². The van der Waals surface area contributed by atoms with Crippen molar-refractivity contribution in [3.05, 3.63) is 22.7 Å². The second-order valence-corrected chi connectivity index (χ2v) is 6.13. The zero-order valence-electron chi connectivity index (χ0n) is 9.21. The van der Waals surface area contributed by atoms with Crippen molar-refractivity contribution < 1.29 is 0 Å². The van der Waals surface area contributed by atoms with Crippen LogP contribution in [0.2, 0.25) is 0 Å². The fourth-order valence-electron chi connectivity index (χ4n) is 1.91. The summed E-state index contributed by atoms with van der Waals surface area (Å²) < 4.78 is 1.11. The molecule has 16 heavy (non-hydrogen) atoms. The fourth-order valence-corrected chi connectivity index (χ4v) is 3.71. The van der Waals surface area contributed by atoms with Crippen molar-refractivity contribution in [1.29, 1.82) is 0 Å². The maximum atomic E-state index is 5.72. The molecule has 1 fully saturated rings. The van der Waals surface area contributed by atoms with Crippen molar-refractivity contribution in [3.8, 4) is 0 Å². The molecule has 4 heteroatoms. The molecule has 0 bridgehead atoms. The van der Waals surface area contributed by atoms with Gasteiger partial charge >= 0.3 is 0 Å². The highest BCUT2D eigenvalue weighted by Crippen LogP contribution is 2.31. The van der Waals surface area contributed by atoms with E-state index in [1.807, 2.05) is 23.9 Å². The van der Waals surface area contributed by atoms with Crippen LogP contribution in [-0.4, -0.2) is 18.8 Å². The van der Waals surface area contributed by atoms with Gasteiger partial charge in [0.25, 0.3) is 0 Å². The van der Waals surface area contributed by atoms with Crippen LogP contribution < -0.4 is 11.1 Å². The highest BCUT2D eigenvalue weighted by atomic mass is 79.9. The first-order valence-corrected chi connectivity index (χ1v) is 7.42. The Hall–Kier alpha value is -0.190. The summed E-state index contributed by atoms with van der Waals surface area (Å²) >= 11 is 5.48. The Morgan fingerprint density at radius 1 is 1.50 bits per heavy atom. The predicted octanol–water partition coefficient (Wildman–Crippen LogP) is 3.12. The van der Waals surface area contributed by atoms with Gasteiger partial charge in [-0.25, -0.2) is 0 Å². The van der Waals surface area contributed by atoms with E-state index in [9.17, 15) is 0 Å². The van der Waals surface area contributed by atoms with Crippen LogP contribution in [0.25, 0.3) is 0 Å². The topological polar surface area (TPSA) is 38.0 Å². The summed E-state index contributed by atoms with van der Waals surface area (Å²) in [6, 6.07) is 6.04. The third-order valence-electron chi connectivity index (χ3n) is 2.83. The third-order valence-corrected chi connectivity index (χ3v) is 5.05. The molecule has 1 unspecified atom stereocenters. The molecule has 1 aromatic carbocycles. The predicted molar refractivity (Wildman–Crippen MR) is 74.9 cm³/mol. The van der Waals surface area contributed by atoms with E-state index in [1.165, 1.54) is 36.6 Å². The lowest BCUT2D eigenvalue weighted by atomic mass is 10.0. The molecule has 2 nitrogen and oxygen atoms in total. The Kier molecular flexibility index (Phi) is 4.55. The largest absolute Gasteiger partial charge is 0.399 e. The molecule has 1 aromatic rings. The van der Waals surface area contributed by atoms with Gasteiger partial charge in [-0.15, -0.1) is 11.8 Å². The smallest absolute Gasteiger partial charge is 0.0331 e. The van der Waals surface area contributed by atoms with E-state index < -0.39 is 0 Å². The first-order valence-electron chi connectivity index (χ1n) is 5.64. The summed E-state index contributed by atoms with van der Waals surface area (Å²) in [6.07, 6.45) is 2.67. The molecule has 0 amide bonds. The molecular formula is C12H17BrN2S. The lowest BCUT2D eigenvalue weighted by Crippen LogP contribution is -2.30. The van der Waals surface area contributed by atoms with Gasteiger partial charge in [-0.05, 0) is 66.0 Å². The molecular weight excluding hydrogens is 284 g/mol. The first-order chi connectivity index (χ1) is 7.75. The Balaban J connectivity index is 1.88. The molecule has 0 aromatic heterocycles. The van der Waals surface area contributed by atoms with Crippen molar-refractivity contribution in [3.63, 3.8) is 0 Å². The lowest BCUT2D eigenvalue weighted by molar-refractivity contribution is 0.410. The number of nitrogens with one attached hydrogen (secondary N) is 1. The van der Waals surface area contributed by atoms with Crippen LogP contribution >= 0.6 is 27.7 Å². The van der Waals surface area contributed by atoms with Crippen molar-refractivity contribution >= 4 is 33.4 Å². The van der Waals surface area contributed by atoms with Gasteiger partial charge in [0.05, 0.1) is 0 Å². The van der Waals surface area contributed by atoms with Gasteiger partial charge < -0.3 is 11.1 Å². The van der Waals surface area contributed by atoms with E-state index in [4.69, 9.17) is 5.73 Å². The van der Waals surface area contributed by atoms with Crippen molar-refractivity contribution in [1.82, 2.24) is 5.32 Å². The van der Waals surface area contributed by atoms with E-state index in [2.05, 4.69) is 27.3 Å². The Bertz CT molecular complexity index is 351. The average molecular weight is 301 g/mol. The van der Waals surface area contributed by atoms with Crippen molar-refractivity contribution in [2.75, 3.05) is 24.6 Å². The molecule has 3 N–H and O–H groups in total. The molecule has 1 aliphatic rings. The van der Waals surface area contributed by atoms with Gasteiger partial charge in [-0.1, -0.05) is 0 Å². The molecule has 0 spiro atoms. The summed E-state index contributed by atoms with van der Waals surface area (Å²) in [5.41, 5.74) is 6.53. The Labute approximate surface area is 109 Å². The number of nitrogen functional groups attached to an aromatic ring is 1. The zero-order chi connectivity index (χ0) is 11.4. The summed E-state index contributed by atoms with van der Waals surface area (Å²) in [4.78, 5) is 1.29. The van der Waals surface area contributed by atoms with Gasteiger partial charge in [0.1, 0.15) is 0 Å². The fraction of sp³-hybridized carbons (Fsp3) is 0.500. The first kappa shape index (κ1) is 12.3. The highest BCUT2D eigenvalue weighted by molar-refractivity contribution is 9.10. The normalized spacial score (nSPS) is 20.9. The highest BCUT2D eigenvalue weighted by Gasteiger charge is 2.13. The standard InChI is InChI=1S/C12H17BrN2S/c13-11-6-10(14)3-4-12(11)16-8-9-2-1-5-15-7-9/h3-4,6,9,15H,1-2,5,7-8,14H2. The minimum Gasteiger partial charge on any atom is -0.399 e. The second kappa shape index (κ2) is 5.94. The van der Waals surface area contributed by atoms with E-state index >= 15 is 0 Å². The number of hydrogen-bond acceptors (Lipinski definition) is 3. The van der Waals surface area contributed by atoms with E-state index in [1.54, 1.807) is 0 Å². The molecule has 1 heterocycles. The molecule has 1 saturated heterocycles. The number of nitrogens with two attached hydrogens (primary N) is 1. The molecule has 2 rings (SSSR count). The number of anilines is 1. The minimum atomic E-state index is 0.809. The quantitative estimate of drug-likeness (QED) is 0.665. The summed E-state index contributed by atoms with van der Waals surface area (Å²) in [7, 11) is 0. The summed E-state index contributed by atoms with van der Waals surface area (Å²) in [6.45, 7) is 2.35. The number of piperidine rings is 1.